The second-order valence-electron chi connectivity index (χ2n) is 2.93. The molecule has 2 nitrogen and oxygen atoms in total. The Morgan fingerprint density at radius 1 is 1.70 bits per heavy atom. The molecule has 10 heavy (non-hydrogen) atoms. The monoisotopic (exact) mass is 140 g/mol. The van der Waals surface area contributed by atoms with Gasteiger partial charge < -0.3 is 10.6 Å². The van der Waals surface area contributed by atoms with Crippen LogP contribution in [-0.4, -0.2) is 30.6 Å². The Morgan fingerprint density at radius 2 is 2.50 bits per heavy atom. The van der Waals surface area contributed by atoms with Gasteiger partial charge in [0.2, 0.25) is 0 Å². The molecule has 2 N–H and O–H groups in total. The summed E-state index contributed by atoms with van der Waals surface area (Å²) >= 11 is 0. The maximum atomic E-state index is 5.73. The minimum Gasteiger partial charge on any atom is -0.326 e. The van der Waals surface area contributed by atoms with Crippen molar-refractivity contribution in [3.8, 4) is 0 Å². The van der Waals surface area contributed by atoms with Crippen molar-refractivity contribution in [3.63, 3.8) is 0 Å². The van der Waals surface area contributed by atoms with E-state index in [1.54, 1.807) is 0 Å². The smallest absolute Gasteiger partial charge is 0.0180 e. The first kappa shape index (κ1) is 7.76. The molecule has 0 bridgehead atoms. The summed E-state index contributed by atoms with van der Waals surface area (Å²) in [5.74, 6) is 0. The SMILES string of the molecule is C=CCCN1CCC(N)C1. The van der Waals surface area contributed by atoms with Gasteiger partial charge >= 0.3 is 0 Å². The Kier molecular flexibility index (Phi) is 2.90. The van der Waals surface area contributed by atoms with E-state index in [2.05, 4.69) is 11.5 Å². The Bertz CT molecular complexity index is 112. The Balaban J connectivity index is 2.12. The van der Waals surface area contributed by atoms with E-state index in [9.17, 15) is 0 Å². The van der Waals surface area contributed by atoms with Crippen LogP contribution in [0.25, 0.3) is 0 Å². The molecule has 0 aromatic rings. The molecule has 1 fully saturated rings. The van der Waals surface area contributed by atoms with E-state index in [0.717, 1.165) is 25.9 Å². The standard InChI is InChI=1S/C8H16N2/c1-2-3-5-10-6-4-8(9)7-10/h2,8H,1,3-7,9H2. The van der Waals surface area contributed by atoms with Gasteiger partial charge in [-0.15, -0.1) is 6.58 Å². The van der Waals surface area contributed by atoms with Crippen molar-refractivity contribution in [1.29, 1.82) is 0 Å². The molecule has 0 saturated carbocycles. The molecule has 2 heteroatoms. The maximum absolute atomic E-state index is 5.73. The predicted octanol–water partition coefficient (Wildman–Crippen LogP) is 0.596. The fourth-order valence-corrected chi connectivity index (χ4v) is 1.34. The lowest BCUT2D eigenvalue weighted by molar-refractivity contribution is 0.341. The molecule has 0 aliphatic carbocycles. The number of hydrogen-bond donors (Lipinski definition) is 1. The minimum absolute atomic E-state index is 0.421. The maximum Gasteiger partial charge on any atom is 0.0180 e. The minimum atomic E-state index is 0.421. The van der Waals surface area contributed by atoms with E-state index in [4.69, 9.17) is 5.73 Å². The normalized spacial score (nSPS) is 27.1. The molecule has 58 valence electrons. The highest BCUT2D eigenvalue weighted by Crippen LogP contribution is 2.06. The van der Waals surface area contributed by atoms with Crippen LogP contribution < -0.4 is 5.73 Å². The van der Waals surface area contributed by atoms with Crippen molar-refractivity contribution >= 4 is 0 Å². The Hall–Kier alpha value is -0.340. The number of hydrogen-bond acceptors (Lipinski definition) is 2. The third-order valence-electron chi connectivity index (χ3n) is 1.96. The first-order valence-electron chi connectivity index (χ1n) is 3.92. The molecule has 0 aromatic carbocycles. The molecule has 1 aliphatic rings. The molecule has 0 aromatic heterocycles. The lowest BCUT2D eigenvalue weighted by Gasteiger charge is -2.12. The van der Waals surface area contributed by atoms with Crippen LogP contribution in [0.2, 0.25) is 0 Å². The van der Waals surface area contributed by atoms with Gasteiger partial charge in [0.15, 0.2) is 0 Å². The van der Waals surface area contributed by atoms with E-state index in [0.29, 0.717) is 6.04 Å². The third-order valence-corrected chi connectivity index (χ3v) is 1.96. The average Bonchev–Trinajstić information content (AvgIpc) is 2.31. The summed E-state index contributed by atoms with van der Waals surface area (Å²) in [5.41, 5.74) is 5.73. The van der Waals surface area contributed by atoms with Gasteiger partial charge in [0.25, 0.3) is 0 Å². The van der Waals surface area contributed by atoms with Gasteiger partial charge in [-0.1, -0.05) is 6.08 Å². The summed E-state index contributed by atoms with van der Waals surface area (Å²) in [5, 5.41) is 0. The van der Waals surface area contributed by atoms with Gasteiger partial charge in [-0.3, -0.25) is 0 Å². The lowest BCUT2D eigenvalue weighted by atomic mass is 10.3. The van der Waals surface area contributed by atoms with Crippen LogP contribution in [0.3, 0.4) is 0 Å². The fraction of sp³-hybridized carbons (Fsp3) is 0.750. The third kappa shape index (κ3) is 2.12. The van der Waals surface area contributed by atoms with Crippen molar-refractivity contribution in [2.75, 3.05) is 19.6 Å². The van der Waals surface area contributed by atoms with Crippen LogP contribution in [0.5, 0.6) is 0 Å². The average molecular weight is 140 g/mol. The van der Waals surface area contributed by atoms with Gasteiger partial charge in [0.1, 0.15) is 0 Å². The van der Waals surface area contributed by atoms with E-state index in [1.165, 1.54) is 6.54 Å². The molecule has 1 atom stereocenters. The summed E-state index contributed by atoms with van der Waals surface area (Å²) in [6.07, 6.45) is 4.22. The molecule has 0 spiro atoms. The summed E-state index contributed by atoms with van der Waals surface area (Å²) in [4.78, 5) is 2.40. The molecule has 0 amide bonds. The van der Waals surface area contributed by atoms with Gasteiger partial charge in [-0.05, 0) is 19.4 Å². The topological polar surface area (TPSA) is 29.3 Å². The largest absolute Gasteiger partial charge is 0.326 e. The van der Waals surface area contributed by atoms with Gasteiger partial charge in [-0.25, -0.2) is 0 Å². The van der Waals surface area contributed by atoms with E-state index in [-0.39, 0.29) is 0 Å². The summed E-state index contributed by atoms with van der Waals surface area (Å²) in [6, 6.07) is 0.421. The first-order valence-corrected chi connectivity index (χ1v) is 3.92. The zero-order valence-electron chi connectivity index (χ0n) is 6.42. The highest BCUT2D eigenvalue weighted by molar-refractivity contribution is 4.79. The Labute approximate surface area is 62.7 Å². The molecule has 1 saturated heterocycles. The zero-order chi connectivity index (χ0) is 7.40. The van der Waals surface area contributed by atoms with Crippen molar-refractivity contribution in [3.05, 3.63) is 12.7 Å². The highest BCUT2D eigenvalue weighted by atomic mass is 15.2. The summed E-state index contributed by atoms with van der Waals surface area (Å²) < 4.78 is 0. The van der Waals surface area contributed by atoms with Crippen molar-refractivity contribution < 1.29 is 0 Å². The summed E-state index contributed by atoms with van der Waals surface area (Å²) in [7, 11) is 0. The van der Waals surface area contributed by atoms with Gasteiger partial charge in [0, 0.05) is 19.1 Å². The molecule has 1 heterocycles. The van der Waals surface area contributed by atoms with Crippen LogP contribution in [-0.2, 0) is 0 Å². The Morgan fingerprint density at radius 3 is 3.00 bits per heavy atom. The number of nitrogens with zero attached hydrogens (tertiary/aromatic N) is 1. The molecule has 1 unspecified atom stereocenters. The predicted molar refractivity (Wildman–Crippen MR) is 43.8 cm³/mol. The second-order valence-corrected chi connectivity index (χ2v) is 2.93. The molecule has 1 rings (SSSR count). The van der Waals surface area contributed by atoms with Crippen molar-refractivity contribution in [2.45, 2.75) is 18.9 Å². The van der Waals surface area contributed by atoms with E-state index >= 15 is 0 Å². The molecule has 1 aliphatic heterocycles. The number of likely N-dealkylation sites (tertiary alicyclic amines) is 1. The van der Waals surface area contributed by atoms with Crippen LogP contribution in [0, 0.1) is 0 Å². The second kappa shape index (κ2) is 3.74. The first-order chi connectivity index (χ1) is 4.83. The molecule has 0 radical (unpaired) electrons. The van der Waals surface area contributed by atoms with Crippen LogP contribution in [0.1, 0.15) is 12.8 Å². The summed E-state index contributed by atoms with van der Waals surface area (Å²) in [6.45, 7) is 7.07. The van der Waals surface area contributed by atoms with Crippen LogP contribution >= 0.6 is 0 Å². The lowest BCUT2D eigenvalue weighted by Crippen LogP contribution is -2.27. The number of rotatable bonds is 3. The van der Waals surface area contributed by atoms with Gasteiger partial charge in [0.05, 0.1) is 0 Å². The zero-order valence-corrected chi connectivity index (χ0v) is 6.42. The van der Waals surface area contributed by atoms with Crippen LogP contribution in [0.15, 0.2) is 12.7 Å². The van der Waals surface area contributed by atoms with Crippen LogP contribution in [0.4, 0.5) is 0 Å². The molecular weight excluding hydrogens is 124 g/mol. The van der Waals surface area contributed by atoms with Crippen molar-refractivity contribution in [2.24, 2.45) is 5.73 Å². The fourth-order valence-electron chi connectivity index (χ4n) is 1.34. The van der Waals surface area contributed by atoms with E-state index < -0.39 is 0 Å². The highest BCUT2D eigenvalue weighted by Gasteiger charge is 2.17. The molecular formula is C8H16N2. The number of nitrogens with two attached hydrogens (primary N) is 1. The van der Waals surface area contributed by atoms with Crippen molar-refractivity contribution in [1.82, 2.24) is 4.90 Å². The van der Waals surface area contributed by atoms with E-state index in [1.807, 2.05) is 6.08 Å². The van der Waals surface area contributed by atoms with Gasteiger partial charge in [-0.2, -0.15) is 0 Å². The quantitative estimate of drug-likeness (QED) is 0.581.